The van der Waals surface area contributed by atoms with Crippen molar-refractivity contribution < 1.29 is 4.79 Å². The van der Waals surface area contributed by atoms with Crippen LogP contribution in [0.2, 0.25) is 0 Å². The number of aromatic nitrogens is 4. The first-order valence-electron chi connectivity index (χ1n) is 9.09. The number of aryl methyl sites for hydroxylation is 1. The molecular formula is C18H24N6O. The van der Waals surface area contributed by atoms with Gasteiger partial charge >= 0.3 is 0 Å². The molecule has 0 aromatic carbocycles. The molecule has 7 heteroatoms. The molecule has 25 heavy (non-hydrogen) atoms. The third-order valence-electron chi connectivity index (χ3n) is 5.31. The Morgan fingerprint density at radius 2 is 2.20 bits per heavy atom. The van der Waals surface area contributed by atoms with E-state index in [2.05, 4.69) is 25.5 Å². The van der Waals surface area contributed by atoms with Crippen LogP contribution < -0.4 is 5.32 Å². The summed E-state index contributed by atoms with van der Waals surface area (Å²) in [5.74, 6) is 1.32. The van der Waals surface area contributed by atoms with Crippen molar-refractivity contribution in [3.8, 4) is 0 Å². The Morgan fingerprint density at radius 3 is 3.08 bits per heavy atom. The lowest BCUT2D eigenvalue weighted by atomic mass is 9.93. The molecule has 0 spiro atoms. The summed E-state index contributed by atoms with van der Waals surface area (Å²) in [5.41, 5.74) is 3.90. The van der Waals surface area contributed by atoms with Crippen molar-refractivity contribution >= 4 is 11.7 Å². The standard InChI is InChI=1S/C18H24N6O/c1-19-17-15(20-7-8-21-17)10-12-4-3-9-24(11-12)18(25)16-13-5-2-6-14(13)22-23-16/h7-8,12H,2-6,9-11H2,1H3,(H,19,21)(H,22,23)/t12-/m1/s1. The number of carbonyl (C=O) groups is 1. The molecule has 1 atom stereocenters. The predicted molar refractivity (Wildman–Crippen MR) is 94.5 cm³/mol. The van der Waals surface area contributed by atoms with Crippen LogP contribution in [-0.4, -0.2) is 51.1 Å². The summed E-state index contributed by atoms with van der Waals surface area (Å²) in [6.07, 6.45) is 9.50. The molecule has 0 radical (unpaired) electrons. The van der Waals surface area contributed by atoms with Crippen LogP contribution in [0, 0.1) is 5.92 Å². The summed E-state index contributed by atoms with van der Waals surface area (Å²) in [6, 6.07) is 0. The van der Waals surface area contributed by atoms with Crippen LogP contribution in [-0.2, 0) is 19.3 Å². The van der Waals surface area contributed by atoms with E-state index >= 15 is 0 Å². The van der Waals surface area contributed by atoms with Crippen molar-refractivity contribution in [1.82, 2.24) is 25.1 Å². The number of anilines is 1. The van der Waals surface area contributed by atoms with Crippen molar-refractivity contribution in [2.45, 2.75) is 38.5 Å². The van der Waals surface area contributed by atoms with Gasteiger partial charge in [-0.1, -0.05) is 0 Å². The van der Waals surface area contributed by atoms with Crippen LogP contribution in [0.25, 0.3) is 0 Å². The van der Waals surface area contributed by atoms with Gasteiger partial charge in [0.1, 0.15) is 5.82 Å². The zero-order valence-electron chi connectivity index (χ0n) is 14.6. The fourth-order valence-electron chi connectivity index (χ4n) is 4.06. The van der Waals surface area contributed by atoms with Crippen LogP contribution in [0.15, 0.2) is 12.4 Å². The van der Waals surface area contributed by atoms with Gasteiger partial charge in [0.05, 0.1) is 5.69 Å². The zero-order chi connectivity index (χ0) is 17.2. The lowest BCUT2D eigenvalue weighted by Crippen LogP contribution is -2.41. The summed E-state index contributed by atoms with van der Waals surface area (Å²) < 4.78 is 0. The second kappa shape index (κ2) is 6.82. The molecule has 1 aliphatic carbocycles. The molecule has 1 fully saturated rings. The normalized spacial score (nSPS) is 19.7. The molecule has 0 bridgehead atoms. The maximum atomic E-state index is 12.9. The van der Waals surface area contributed by atoms with Gasteiger partial charge in [-0.15, -0.1) is 0 Å². The summed E-state index contributed by atoms with van der Waals surface area (Å²) >= 11 is 0. The van der Waals surface area contributed by atoms with Crippen LogP contribution in [0.1, 0.15) is 46.7 Å². The van der Waals surface area contributed by atoms with Gasteiger partial charge in [0.15, 0.2) is 5.69 Å². The highest BCUT2D eigenvalue weighted by Gasteiger charge is 2.30. The van der Waals surface area contributed by atoms with E-state index < -0.39 is 0 Å². The maximum Gasteiger partial charge on any atom is 0.274 e. The van der Waals surface area contributed by atoms with Crippen LogP contribution >= 0.6 is 0 Å². The number of amides is 1. The average molecular weight is 340 g/mol. The van der Waals surface area contributed by atoms with Crippen LogP contribution in [0.5, 0.6) is 0 Å². The van der Waals surface area contributed by atoms with E-state index in [4.69, 9.17) is 0 Å². The Balaban J connectivity index is 1.46. The molecular weight excluding hydrogens is 316 g/mol. The fourth-order valence-corrected chi connectivity index (χ4v) is 4.06. The predicted octanol–water partition coefficient (Wildman–Crippen LogP) is 1.82. The number of likely N-dealkylation sites (tertiary alicyclic amines) is 1. The van der Waals surface area contributed by atoms with Crippen molar-refractivity contribution in [2.75, 3.05) is 25.5 Å². The van der Waals surface area contributed by atoms with Crippen molar-refractivity contribution in [2.24, 2.45) is 5.92 Å². The molecule has 0 saturated carbocycles. The Bertz CT molecular complexity index is 771. The monoisotopic (exact) mass is 340 g/mol. The maximum absolute atomic E-state index is 12.9. The van der Waals surface area contributed by atoms with E-state index in [0.717, 1.165) is 74.4 Å². The molecule has 2 aromatic heterocycles. The lowest BCUT2D eigenvalue weighted by molar-refractivity contribution is 0.0666. The summed E-state index contributed by atoms with van der Waals surface area (Å²) in [5, 5.41) is 10.5. The molecule has 3 heterocycles. The van der Waals surface area contributed by atoms with Crippen molar-refractivity contribution in [3.05, 3.63) is 35.0 Å². The van der Waals surface area contributed by atoms with E-state index in [0.29, 0.717) is 11.6 Å². The molecule has 132 valence electrons. The second-order valence-electron chi connectivity index (χ2n) is 6.95. The summed E-state index contributed by atoms with van der Waals surface area (Å²) in [6.45, 7) is 1.58. The van der Waals surface area contributed by atoms with E-state index in [1.165, 1.54) is 0 Å². The van der Waals surface area contributed by atoms with E-state index in [9.17, 15) is 4.79 Å². The molecule has 2 aromatic rings. The number of fused-ring (bicyclic) bond motifs is 1. The molecule has 1 aliphatic heterocycles. The lowest BCUT2D eigenvalue weighted by Gasteiger charge is -2.32. The summed E-state index contributed by atoms with van der Waals surface area (Å²) in [7, 11) is 1.86. The van der Waals surface area contributed by atoms with Gasteiger partial charge in [-0.05, 0) is 44.4 Å². The van der Waals surface area contributed by atoms with Gasteiger partial charge in [0, 0.05) is 43.8 Å². The number of hydrogen-bond donors (Lipinski definition) is 2. The minimum absolute atomic E-state index is 0.0806. The largest absolute Gasteiger partial charge is 0.372 e. The van der Waals surface area contributed by atoms with E-state index in [1.54, 1.807) is 12.4 Å². The molecule has 1 saturated heterocycles. The highest BCUT2D eigenvalue weighted by molar-refractivity contribution is 5.94. The van der Waals surface area contributed by atoms with E-state index in [1.807, 2.05) is 11.9 Å². The zero-order valence-corrected chi connectivity index (χ0v) is 14.6. The molecule has 2 N–H and O–H groups in total. The topological polar surface area (TPSA) is 86.8 Å². The highest BCUT2D eigenvalue weighted by Crippen LogP contribution is 2.27. The van der Waals surface area contributed by atoms with Crippen LogP contribution in [0.3, 0.4) is 0 Å². The minimum atomic E-state index is 0.0806. The highest BCUT2D eigenvalue weighted by atomic mass is 16.2. The van der Waals surface area contributed by atoms with Gasteiger partial charge in [-0.3, -0.25) is 14.9 Å². The molecule has 7 nitrogen and oxygen atoms in total. The van der Waals surface area contributed by atoms with Gasteiger partial charge < -0.3 is 10.2 Å². The Labute approximate surface area is 147 Å². The Kier molecular flexibility index (Phi) is 4.38. The van der Waals surface area contributed by atoms with Crippen LogP contribution in [0.4, 0.5) is 5.82 Å². The third-order valence-corrected chi connectivity index (χ3v) is 5.31. The molecule has 2 aliphatic rings. The number of hydrogen-bond acceptors (Lipinski definition) is 5. The number of H-pyrrole nitrogens is 1. The smallest absolute Gasteiger partial charge is 0.274 e. The number of aromatic amines is 1. The van der Waals surface area contributed by atoms with Gasteiger partial charge in [-0.2, -0.15) is 5.10 Å². The number of rotatable bonds is 4. The van der Waals surface area contributed by atoms with Crippen molar-refractivity contribution in [3.63, 3.8) is 0 Å². The SMILES string of the molecule is CNc1nccnc1C[C@H]1CCCN(C(=O)c2n[nH]c3c2CCC3)C1. The van der Waals surface area contributed by atoms with Gasteiger partial charge in [0.2, 0.25) is 0 Å². The third kappa shape index (κ3) is 3.10. The van der Waals surface area contributed by atoms with Gasteiger partial charge in [0.25, 0.3) is 5.91 Å². The fraction of sp³-hybridized carbons (Fsp3) is 0.556. The first-order chi connectivity index (χ1) is 12.3. The van der Waals surface area contributed by atoms with Crippen molar-refractivity contribution in [1.29, 1.82) is 0 Å². The number of nitrogens with one attached hydrogen (secondary N) is 2. The summed E-state index contributed by atoms with van der Waals surface area (Å²) in [4.78, 5) is 23.7. The molecule has 0 unspecified atom stereocenters. The Morgan fingerprint density at radius 1 is 1.32 bits per heavy atom. The minimum Gasteiger partial charge on any atom is -0.372 e. The first-order valence-corrected chi connectivity index (χ1v) is 9.09. The second-order valence-corrected chi connectivity index (χ2v) is 6.95. The number of carbonyl (C=O) groups excluding carboxylic acids is 1. The molecule has 1 amide bonds. The quantitative estimate of drug-likeness (QED) is 0.887. The molecule has 4 rings (SSSR count). The number of piperidine rings is 1. The Hall–Kier alpha value is -2.44. The first kappa shape index (κ1) is 16.1. The van der Waals surface area contributed by atoms with Gasteiger partial charge in [-0.25, -0.2) is 4.98 Å². The van der Waals surface area contributed by atoms with E-state index in [-0.39, 0.29) is 5.91 Å². The number of nitrogens with zero attached hydrogens (tertiary/aromatic N) is 4. The average Bonchev–Trinajstić information content (AvgIpc) is 3.25.